The molecule has 0 aliphatic carbocycles. The van der Waals surface area contributed by atoms with Gasteiger partial charge >= 0.3 is 0 Å². The minimum atomic E-state index is -0.554. The molecule has 2 aromatic heterocycles. The van der Waals surface area contributed by atoms with Crippen LogP contribution in [0, 0.1) is 23.0 Å². The van der Waals surface area contributed by atoms with Crippen LogP contribution in [-0.2, 0) is 0 Å². The number of nitriles is 1. The molecule has 0 radical (unpaired) electrons. The molecule has 0 fully saturated rings. The van der Waals surface area contributed by atoms with Crippen molar-refractivity contribution in [1.29, 1.82) is 5.26 Å². The van der Waals surface area contributed by atoms with Crippen molar-refractivity contribution >= 4 is 28.8 Å². The Kier molecular flexibility index (Phi) is 4.77. The summed E-state index contributed by atoms with van der Waals surface area (Å²) in [6.45, 7) is 0. The number of nitrogens with zero attached hydrogens (tertiary/aromatic N) is 4. The van der Waals surface area contributed by atoms with Gasteiger partial charge in [-0.1, -0.05) is 17.7 Å². The number of halogens is 3. The largest absolute Gasteiger partial charge is 0.337 e. The number of nitrogens with one attached hydrogen (secondary N) is 3. The van der Waals surface area contributed by atoms with Crippen LogP contribution in [-0.4, -0.2) is 20.8 Å². The second-order valence-electron chi connectivity index (χ2n) is 6.82. The van der Waals surface area contributed by atoms with Crippen molar-refractivity contribution in [3.63, 3.8) is 0 Å². The van der Waals surface area contributed by atoms with Crippen molar-refractivity contribution in [2.24, 2.45) is 4.99 Å². The third-order valence-electron chi connectivity index (χ3n) is 4.81. The molecule has 0 unspecified atom stereocenters. The van der Waals surface area contributed by atoms with Gasteiger partial charge in [-0.15, -0.1) is 0 Å². The first-order chi connectivity index (χ1) is 15.5. The Bertz CT molecular complexity index is 1400. The number of aromatic amines is 1. The van der Waals surface area contributed by atoms with Crippen LogP contribution < -0.4 is 10.9 Å². The molecule has 0 amide bonds. The Morgan fingerprint density at radius 3 is 2.66 bits per heavy atom. The highest BCUT2D eigenvalue weighted by Crippen LogP contribution is 2.32. The molecule has 156 valence electrons. The van der Waals surface area contributed by atoms with Crippen molar-refractivity contribution < 1.29 is 8.78 Å². The molecule has 0 saturated carbocycles. The summed E-state index contributed by atoms with van der Waals surface area (Å²) in [5, 5.41) is 9.68. The summed E-state index contributed by atoms with van der Waals surface area (Å²) in [6, 6.07) is 13.9. The van der Waals surface area contributed by atoms with Gasteiger partial charge in [0.25, 0.3) is 0 Å². The van der Waals surface area contributed by atoms with Crippen molar-refractivity contribution in [3.8, 4) is 28.7 Å². The maximum absolute atomic E-state index is 14.3. The van der Waals surface area contributed by atoms with Crippen LogP contribution in [0.5, 0.6) is 0 Å². The number of pyridine rings is 1. The summed E-state index contributed by atoms with van der Waals surface area (Å²) < 4.78 is 27.8. The van der Waals surface area contributed by atoms with Gasteiger partial charge in [-0.2, -0.15) is 5.26 Å². The number of fused-ring (bicyclic) bond motifs is 1. The Labute approximate surface area is 185 Å². The van der Waals surface area contributed by atoms with E-state index >= 15 is 0 Å². The standard InChI is InChI=1S/C22H12ClF2N7/c23-13-2-1-3-14(25)19(13)22-29-18(9-26)20(30-22)11-4-6-16(27-10-11)21-28-17-8-12(24)5-7-15(17)31-32-21/h1-8,10,31H,(H,28,32)(H,29,30). The number of hydrogen-bond donors (Lipinski definition) is 3. The van der Waals surface area contributed by atoms with E-state index < -0.39 is 11.6 Å². The van der Waals surface area contributed by atoms with E-state index in [-0.39, 0.29) is 22.1 Å². The Morgan fingerprint density at radius 2 is 1.91 bits per heavy atom. The fourth-order valence-electron chi connectivity index (χ4n) is 3.29. The zero-order valence-electron chi connectivity index (χ0n) is 16.1. The topological polar surface area (TPSA) is 102 Å². The summed E-state index contributed by atoms with van der Waals surface area (Å²) in [7, 11) is 0. The molecule has 0 bridgehead atoms. The van der Waals surface area contributed by atoms with Gasteiger partial charge in [-0.3, -0.25) is 15.8 Å². The van der Waals surface area contributed by atoms with Crippen LogP contribution in [0.3, 0.4) is 0 Å². The molecule has 3 N–H and O–H groups in total. The van der Waals surface area contributed by atoms with Gasteiger partial charge in [-0.05, 0) is 36.4 Å². The van der Waals surface area contributed by atoms with Gasteiger partial charge in [0.2, 0.25) is 0 Å². The SMILES string of the molecule is N#Cc1nc(-c2c(F)cccc2Cl)[nH]c1-c1ccc(C2=Nc3cc(F)ccc3NN2)nc1. The molecular weight excluding hydrogens is 436 g/mol. The number of H-pyrrole nitrogens is 1. The maximum Gasteiger partial charge on any atom is 0.171 e. The fraction of sp³-hybridized carbons (Fsp3) is 0. The third kappa shape index (κ3) is 3.42. The van der Waals surface area contributed by atoms with Crippen LogP contribution in [0.4, 0.5) is 20.2 Å². The molecule has 32 heavy (non-hydrogen) atoms. The van der Waals surface area contributed by atoms with Crippen LogP contribution in [0.25, 0.3) is 22.6 Å². The Morgan fingerprint density at radius 1 is 1.03 bits per heavy atom. The number of hydrazine groups is 1. The smallest absolute Gasteiger partial charge is 0.171 e. The number of amidine groups is 1. The van der Waals surface area contributed by atoms with E-state index in [1.165, 1.54) is 30.5 Å². The minimum Gasteiger partial charge on any atom is -0.337 e. The van der Waals surface area contributed by atoms with E-state index in [2.05, 4.69) is 30.8 Å². The predicted molar refractivity (Wildman–Crippen MR) is 116 cm³/mol. The van der Waals surface area contributed by atoms with Crippen LogP contribution in [0.1, 0.15) is 11.4 Å². The van der Waals surface area contributed by atoms with E-state index in [1.54, 1.807) is 24.3 Å². The maximum atomic E-state index is 14.3. The summed E-state index contributed by atoms with van der Waals surface area (Å²) in [6.07, 6.45) is 1.53. The van der Waals surface area contributed by atoms with Gasteiger partial charge in [-0.25, -0.2) is 18.8 Å². The molecule has 0 spiro atoms. The first-order valence-corrected chi connectivity index (χ1v) is 9.73. The summed E-state index contributed by atoms with van der Waals surface area (Å²) >= 11 is 6.12. The van der Waals surface area contributed by atoms with Crippen molar-refractivity contribution in [2.45, 2.75) is 0 Å². The molecular formula is C22H12ClF2N7. The Balaban J connectivity index is 1.50. The van der Waals surface area contributed by atoms with Crippen LogP contribution in [0.15, 0.2) is 59.7 Å². The second kappa shape index (κ2) is 7.76. The number of rotatable bonds is 3. The number of benzene rings is 2. The average molecular weight is 448 g/mol. The van der Waals surface area contributed by atoms with Crippen molar-refractivity contribution in [1.82, 2.24) is 20.4 Å². The quantitative estimate of drug-likeness (QED) is 0.412. The highest BCUT2D eigenvalue weighted by atomic mass is 35.5. The van der Waals surface area contributed by atoms with E-state index in [0.717, 1.165) is 0 Å². The van der Waals surface area contributed by atoms with Gasteiger partial charge in [0.1, 0.15) is 29.2 Å². The lowest BCUT2D eigenvalue weighted by molar-refractivity contribution is 0.628. The molecule has 0 atom stereocenters. The first kappa shape index (κ1) is 19.7. The third-order valence-corrected chi connectivity index (χ3v) is 5.13. The fourth-order valence-corrected chi connectivity index (χ4v) is 3.54. The zero-order chi connectivity index (χ0) is 22.2. The van der Waals surface area contributed by atoms with E-state index in [4.69, 9.17) is 11.6 Å². The second-order valence-corrected chi connectivity index (χ2v) is 7.23. The summed E-state index contributed by atoms with van der Waals surface area (Å²) in [5.41, 5.74) is 8.53. The van der Waals surface area contributed by atoms with Crippen molar-refractivity contribution in [2.75, 3.05) is 5.43 Å². The minimum absolute atomic E-state index is 0.0769. The number of aromatic nitrogens is 3. The highest BCUT2D eigenvalue weighted by Gasteiger charge is 2.19. The van der Waals surface area contributed by atoms with Crippen LogP contribution in [0.2, 0.25) is 5.02 Å². The Hall–Kier alpha value is -4.29. The monoisotopic (exact) mass is 447 g/mol. The lowest BCUT2D eigenvalue weighted by Gasteiger charge is -2.19. The summed E-state index contributed by atoms with van der Waals surface area (Å²) in [5.74, 6) is -0.405. The number of hydrogen-bond acceptors (Lipinski definition) is 6. The number of imidazole rings is 1. The number of anilines is 1. The molecule has 1 aliphatic rings. The molecule has 4 aromatic rings. The molecule has 2 aromatic carbocycles. The molecule has 0 saturated heterocycles. The average Bonchev–Trinajstić information content (AvgIpc) is 3.22. The van der Waals surface area contributed by atoms with E-state index in [1.807, 2.05) is 6.07 Å². The van der Waals surface area contributed by atoms with Gasteiger partial charge in [0.05, 0.1) is 27.7 Å². The molecule has 3 heterocycles. The van der Waals surface area contributed by atoms with Gasteiger partial charge in [0, 0.05) is 17.8 Å². The van der Waals surface area contributed by atoms with Crippen molar-refractivity contribution in [3.05, 3.63) is 82.8 Å². The highest BCUT2D eigenvalue weighted by molar-refractivity contribution is 6.33. The number of aliphatic imine (C=N–C) groups is 1. The molecule has 1 aliphatic heterocycles. The van der Waals surface area contributed by atoms with E-state index in [9.17, 15) is 14.0 Å². The molecule has 5 rings (SSSR count). The van der Waals surface area contributed by atoms with E-state index in [0.29, 0.717) is 34.2 Å². The molecule has 10 heteroatoms. The van der Waals surface area contributed by atoms with Crippen LogP contribution >= 0.6 is 11.6 Å². The molecule has 7 nitrogen and oxygen atoms in total. The first-order valence-electron chi connectivity index (χ1n) is 9.35. The lowest BCUT2D eigenvalue weighted by atomic mass is 10.1. The zero-order valence-corrected chi connectivity index (χ0v) is 16.9. The lowest BCUT2D eigenvalue weighted by Crippen LogP contribution is -2.33. The predicted octanol–water partition coefficient (Wildman–Crippen LogP) is 4.95. The summed E-state index contributed by atoms with van der Waals surface area (Å²) in [4.78, 5) is 15.9. The van der Waals surface area contributed by atoms with Gasteiger partial charge < -0.3 is 4.98 Å². The van der Waals surface area contributed by atoms with Gasteiger partial charge in [0.15, 0.2) is 11.5 Å². The normalized spacial score (nSPS) is 12.2.